The summed E-state index contributed by atoms with van der Waals surface area (Å²) in [5, 5.41) is 3.45. The number of ether oxygens (including phenoxy) is 1. The van der Waals surface area contributed by atoms with Crippen molar-refractivity contribution in [3.8, 4) is 0 Å². The zero-order valence-corrected chi connectivity index (χ0v) is 13.1. The number of carbonyl (C=O) groups excluding carboxylic acids is 1. The summed E-state index contributed by atoms with van der Waals surface area (Å²) < 4.78 is 5.22. The summed E-state index contributed by atoms with van der Waals surface area (Å²) in [6.45, 7) is 8.62. The van der Waals surface area contributed by atoms with Crippen LogP contribution in [0, 0.1) is 0 Å². The molecule has 2 atom stereocenters. The van der Waals surface area contributed by atoms with E-state index in [0.717, 1.165) is 26.2 Å². The largest absolute Gasteiger partial charge is 0.465 e. The van der Waals surface area contributed by atoms with Gasteiger partial charge in [0.15, 0.2) is 0 Å². The molecule has 1 aliphatic carbocycles. The molecule has 0 aromatic rings. The number of nitrogens with one attached hydrogen (secondary N) is 1. The molecular formula is C15H29N3O2. The van der Waals surface area contributed by atoms with Crippen molar-refractivity contribution in [2.24, 2.45) is 0 Å². The van der Waals surface area contributed by atoms with Gasteiger partial charge in [0.2, 0.25) is 0 Å². The van der Waals surface area contributed by atoms with Crippen LogP contribution >= 0.6 is 0 Å². The Morgan fingerprint density at radius 3 is 2.80 bits per heavy atom. The number of hydrogen-bond acceptors (Lipinski definition) is 5. The molecule has 20 heavy (non-hydrogen) atoms. The van der Waals surface area contributed by atoms with E-state index in [2.05, 4.69) is 29.1 Å². The van der Waals surface area contributed by atoms with Crippen LogP contribution in [0.15, 0.2) is 0 Å². The van der Waals surface area contributed by atoms with E-state index < -0.39 is 0 Å². The Hall–Kier alpha value is -0.650. The van der Waals surface area contributed by atoms with Crippen LogP contribution < -0.4 is 5.32 Å². The van der Waals surface area contributed by atoms with Crippen molar-refractivity contribution in [3.05, 3.63) is 0 Å². The van der Waals surface area contributed by atoms with Gasteiger partial charge in [-0.25, -0.2) is 0 Å². The second-order valence-corrected chi connectivity index (χ2v) is 6.21. The molecule has 0 aromatic heterocycles. The van der Waals surface area contributed by atoms with E-state index >= 15 is 0 Å². The smallest absolute Gasteiger partial charge is 0.324 e. The first-order chi connectivity index (χ1) is 9.60. The molecule has 0 spiro atoms. The minimum absolute atomic E-state index is 0.0933. The molecule has 1 saturated heterocycles. The highest BCUT2D eigenvalue weighted by atomic mass is 16.5. The highest BCUT2D eigenvalue weighted by Crippen LogP contribution is 2.20. The Balaban J connectivity index is 1.92. The maximum atomic E-state index is 12.1. The third-order valence-electron chi connectivity index (χ3n) is 4.19. The van der Waals surface area contributed by atoms with E-state index in [-0.39, 0.29) is 12.0 Å². The van der Waals surface area contributed by atoms with Gasteiger partial charge in [-0.1, -0.05) is 0 Å². The first-order valence-electron chi connectivity index (χ1n) is 7.95. The standard InChI is InChI=1S/C15H29N3O2/c1-4-20-15(19)14(16-13-6-7-13)11-18-9-5-8-17(3)10-12(18)2/h12-14,16H,4-11H2,1-3H3. The van der Waals surface area contributed by atoms with Crippen LogP contribution in [0.25, 0.3) is 0 Å². The Bertz CT molecular complexity index is 320. The molecule has 2 fully saturated rings. The van der Waals surface area contributed by atoms with Crippen LogP contribution in [0.1, 0.15) is 33.1 Å². The SMILES string of the molecule is CCOC(=O)C(CN1CCCN(C)CC1C)NC1CC1. The minimum Gasteiger partial charge on any atom is -0.465 e. The predicted molar refractivity (Wildman–Crippen MR) is 79.7 cm³/mol. The quantitative estimate of drug-likeness (QED) is 0.727. The van der Waals surface area contributed by atoms with Crippen LogP contribution in [-0.4, -0.2) is 73.7 Å². The Morgan fingerprint density at radius 1 is 1.40 bits per heavy atom. The summed E-state index contributed by atoms with van der Waals surface area (Å²) in [4.78, 5) is 16.9. The molecule has 116 valence electrons. The van der Waals surface area contributed by atoms with Gasteiger partial charge in [0.1, 0.15) is 6.04 Å². The molecule has 1 saturated carbocycles. The molecule has 0 amide bonds. The molecule has 5 heteroatoms. The van der Waals surface area contributed by atoms with Gasteiger partial charge in [0.05, 0.1) is 6.61 Å². The molecule has 5 nitrogen and oxygen atoms in total. The molecule has 2 rings (SSSR count). The molecule has 0 radical (unpaired) electrons. The summed E-state index contributed by atoms with van der Waals surface area (Å²) >= 11 is 0. The van der Waals surface area contributed by atoms with Crippen molar-refractivity contribution in [2.75, 3.05) is 39.8 Å². The van der Waals surface area contributed by atoms with E-state index in [1.807, 2.05) is 6.92 Å². The lowest BCUT2D eigenvalue weighted by Gasteiger charge is -2.31. The predicted octanol–water partition coefficient (Wildman–Crippen LogP) is 0.696. The monoisotopic (exact) mass is 283 g/mol. The maximum absolute atomic E-state index is 12.1. The zero-order valence-electron chi connectivity index (χ0n) is 13.1. The highest BCUT2D eigenvalue weighted by molar-refractivity contribution is 5.76. The first kappa shape index (κ1) is 15.7. The van der Waals surface area contributed by atoms with Crippen molar-refractivity contribution in [2.45, 2.75) is 51.2 Å². The Morgan fingerprint density at radius 2 is 2.15 bits per heavy atom. The van der Waals surface area contributed by atoms with Crippen LogP contribution in [0.5, 0.6) is 0 Å². The molecule has 1 heterocycles. The van der Waals surface area contributed by atoms with Gasteiger partial charge in [-0.05, 0) is 53.2 Å². The van der Waals surface area contributed by atoms with Crippen molar-refractivity contribution in [1.82, 2.24) is 15.1 Å². The van der Waals surface area contributed by atoms with Gasteiger partial charge in [-0.2, -0.15) is 0 Å². The van der Waals surface area contributed by atoms with E-state index in [0.29, 0.717) is 18.7 Å². The summed E-state index contributed by atoms with van der Waals surface area (Å²) in [5.74, 6) is -0.0933. The fourth-order valence-corrected chi connectivity index (χ4v) is 2.90. The number of esters is 1. The molecule has 1 N–H and O–H groups in total. The summed E-state index contributed by atoms with van der Waals surface area (Å²) in [6.07, 6.45) is 3.54. The number of likely N-dealkylation sites (N-methyl/N-ethyl adjacent to an activating group) is 1. The van der Waals surface area contributed by atoms with Gasteiger partial charge in [0.25, 0.3) is 0 Å². The molecular weight excluding hydrogens is 254 g/mol. The second kappa shape index (κ2) is 7.38. The van der Waals surface area contributed by atoms with Gasteiger partial charge >= 0.3 is 5.97 Å². The van der Waals surface area contributed by atoms with Gasteiger partial charge < -0.3 is 15.0 Å². The summed E-state index contributed by atoms with van der Waals surface area (Å²) in [6, 6.07) is 0.836. The minimum atomic E-state index is -0.173. The number of nitrogens with zero attached hydrogens (tertiary/aromatic N) is 2. The van der Waals surface area contributed by atoms with Crippen molar-refractivity contribution < 1.29 is 9.53 Å². The molecule has 2 unspecified atom stereocenters. The zero-order chi connectivity index (χ0) is 14.5. The fraction of sp³-hybridized carbons (Fsp3) is 0.933. The fourth-order valence-electron chi connectivity index (χ4n) is 2.90. The van der Waals surface area contributed by atoms with Gasteiger partial charge in [-0.3, -0.25) is 9.69 Å². The van der Waals surface area contributed by atoms with Crippen LogP contribution in [0.2, 0.25) is 0 Å². The van der Waals surface area contributed by atoms with Crippen molar-refractivity contribution in [3.63, 3.8) is 0 Å². The highest BCUT2D eigenvalue weighted by Gasteiger charge is 2.32. The van der Waals surface area contributed by atoms with Crippen LogP contribution in [-0.2, 0) is 9.53 Å². The molecule has 0 aromatic carbocycles. The lowest BCUT2D eigenvalue weighted by Crippen LogP contribution is -2.51. The van der Waals surface area contributed by atoms with Crippen LogP contribution in [0.3, 0.4) is 0 Å². The van der Waals surface area contributed by atoms with Crippen LogP contribution in [0.4, 0.5) is 0 Å². The number of carbonyl (C=O) groups is 1. The van der Waals surface area contributed by atoms with Crippen molar-refractivity contribution in [1.29, 1.82) is 0 Å². The van der Waals surface area contributed by atoms with Gasteiger partial charge in [-0.15, -0.1) is 0 Å². The number of hydrogen-bond donors (Lipinski definition) is 1. The molecule has 0 bridgehead atoms. The Kier molecular flexibility index (Phi) is 5.81. The maximum Gasteiger partial charge on any atom is 0.324 e. The van der Waals surface area contributed by atoms with E-state index in [1.54, 1.807) is 0 Å². The first-order valence-corrected chi connectivity index (χ1v) is 7.95. The van der Waals surface area contributed by atoms with E-state index in [4.69, 9.17) is 4.74 Å². The third-order valence-corrected chi connectivity index (χ3v) is 4.19. The molecule has 2 aliphatic rings. The van der Waals surface area contributed by atoms with E-state index in [9.17, 15) is 4.79 Å². The lowest BCUT2D eigenvalue weighted by molar-refractivity contribution is -0.146. The Labute approximate surface area is 122 Å². The average Bonchev–Trinajstić information content (AvgIpc) is 3.20. The third kappa shape index (κ3) is 4.72. The lowest BCUT2D eigenvalue weighted by atomic mass is 10.2. The molecule has 1 aliphatic heterocycles. The van der Waals surface area contributed by atoms with Gasteiger partial charge in [0, 0.05) is 25.2 Å². The summed E-state index contributed by atoms with van der Waals surface area (Å²) in [7, 11) is 2.17. The summed E-state index contributed by atoms with van der Waals surface area (Å²) in [5.41, 5.74) is 0. The second-order valence-electron chi connectivity index (χ2n) is 6.21. The van der Waals surface area contributed by atoms with E-state index in [1.165, 1.54) is 19.3 Å². The number of rotatable bonds is 6. The topological polar surface area (TPSA) is 44.8 Å². The normalized spacial score (nSPS) is 27.1. The average molecular weight is 283 g/mol. The van der Waals surface area contributed by atoms with Crippen molar-refractivity contribution >= 4 is 5.97 Å².